The third kappa shape index (κ3) is 4.15. The minimum Gasteiger partial charge on any atom is -0.468 e. The van der Waals surface area contributed by atoms with Gasteiger partial charge in [-0.3, -0.25) is 4.79 Å². The highest BCUT2D eigenvalue weighted by molar-refractivity contribution is 5.92. The van der Waals surface area contributed by atoms with Gasteiger partial charge in [-0.2, -0.15) is 5.10 Å². The van der Waals surface area contributed by atoms with Crippen LogP contribution in [0.2, 0.25) is 0 Å². The number of benzene rings is 1. The first-order chi connectivity index (χ1) is 11.9. The van der Waals surface area contributed by atoms with Gasteiger partial charge < -0.3 is 9.64 Å². The molecule has 0 aliphatic carbocycles. The summed E-state index contributed by atoms with van der Waals surface area (Å²) in [6.07, 6.45) is 2.72. The van der Waals surface area contributed by atoms with Gasteiger partial charge in [-0.05, 0) is 36.5 Å². The maximum absolute atomic E-state index is 13.5. The maximum Gasteiger partial charge on any atom is 0.274 e. The second-order valence-electron chi connectivity index (χ2n) is 6.74. The van der Waals surface area contributed by atoms with Gasteiger partial charge in [-0.1, -0.05) is 13.8 Å². The zero-order valence-corrected chi connectivity index (χ0v) is 14.3. The van der Waals surface area contributed by atoms with Crippen molar-refractivity contribution in [2.45, 2.75) is 27.0 Å². The van der Waals surface area contributed by atoms with Crippen LogP contribution >= 0.6 is 0 Å². The van der Waals surface area contributed by atoms with Crippen LogP contribution in [-0.4, -0.2) is 33.7 Å². The summed E-state index contributed by atoms with van der Waals surface area (Å²) in [4.78, 5) is 14.4. The molecule has 134 valence electrons. The predicted octanol–water partition coefficient (Wildman–Crippen LogP) is 3.32. The van der Waals surface area contributed by atoms with Gasteiger partial charge in [0.15, 0.2) is 24.0 Å². The quantitative estimate of drug-likeness (QED) is 0.851. The van der Waals surface area contributed by atoms with E-state index in [-0.39, 0.29) is 18.4 Å². The van der Waals surface area contributed by atoms with E-state index in [1.54, 1.807) is 12.3 Å². The molecule has 2 heterocycles. The van der Waals surface area contributed by atoms with E-state index in [4.69, 9.17) is 4.74 Å². The van der Waals surface area contributed by atoms with Gasteiger partial charge in [-0.15, -0.1) is 0 Å². The van der Waals surface area contributed by atoms with E-state index in [2.05, 4.69) is 18.9 Å². The Labute approximate surface area is 145 Å². The lowest BCUT2D eigenvalue weighted by Gasteiger charge is -2.34. The smallest absolute Gasteiger partial charge is 0.274 e. The number of likely N-dealkylation sites (tertiary alicyclic amines) is 1. The monoisotopic (exact) mass is 349 g/mol. The predicted molar refractivity (Wildman–Crippen MR) is 88.1 cm³/mol. The van der Waals surface area contributed by atoms with E-state index in [9.17, 15) is 13.6 Å². The van der Waals surface area contributed by atoms with Crippen LogP contribution in [0, 0.1) is 23.5 Å². The van der Waals surface area contributed by atoms with E-state index >= 15 is 0 Å². The average Bonchev–Trinajstić information content (AvgIpc) is 3.01. The van der Waals surface area contributed by atoms with Crippen LogP contribution < -0.4 is 4.74 Å². The van der Waals surface area contributed by atoms with Crippen molar-refractivity contribution in [1.29, 1.82) is 0 Å². The SMILES string of the molecule is C[C@H]1C[C@H](C)CN(C(=O)c2ccn(COc3ccc(F)cc3F)n2)C1. The number of hydrogen-bond donors (Lipinski definition) is 0. The van der Waals surface area contributed by atoms with E-state index < -0.39 is 11.6 Å². The Bertz CT molecular complexity index is 753. The first-order valence-corrected chi connectivity index (χ1v) is 8.33. The van der Waals surface area contributed by atoms with Gasteiger partial charge in [0.05, 0.1) is 0 Å². The third-order valence-electron chi connectivity index (χ3n) is 4.26. The lowest BCUT2D eigenvalue weighted by Crippen LogP contribution is -2.42. The molecule has 2 aromatic rings. The van der Waals surface area contributed by atoms with Crippen molar-refractivity contribution in [3.8, 4) is 5.75 Å². The Morgan fingerprint density at radius 2 is 1.96 bits per heavy atom. The molecule has 5 nitrogen and oxygen atoms in total. The Hall–Kier alpha value is -2.44. The zero-order chi connectivity index (χ0) is 18.0. The molecule has 1 saturated heterocycles. The lowest BCUT2D eigenvalue weighted by atomic mass is 9.92. The number of ether oxygens (including phenoxy) is 1. The van der Waals surface area contributed by atoms with Crippen LogP contribution in [0.25, 0.3) is 0 Å². The number of halogens is 2. The number of rotatable bonds is 4. The molecule has 1 amide bonds. The highest BCUT2D eigenvalue weighted by Gasteiger charge is 2.27. The minimum atomic E-state index is -0.778. The molecule has 0 saturated carbocycles. The Morgan fingerprint density at radius 3 is 2.64 bits per heavy atom. The molecule has 2 atom stereocenters. The summed E-state index contributed by atoms with van der Waals surface area (Å²) in [5, 5.41) is 4.20. The van der Waals surface area contributed by atoms with Gasteiger partial charge in [0, 0.05) is 25.4 Å². The van der Waals surface area contributed by atoms with Crippen LogP contribution in [0.5, 0.6) is 5.75 Å². The van der Waals surface area contributed by atoms with E-state index in [1.165, 1.54) is 10.7 Å². The number of carbonyl (C=O) groups is 1. The number of piperidine rings is 1. The average molecular weight is 349 g/mol. The molecule has 1 aliphatic heterocycles. The Morgan fingerprint density at radius 1 is 1.24 bits per heavy atom. The van der Waals surface area contributed by atoms with Crippen molar-refractivity contribution in [2.24, 2.45) is 11.8 Å². The van der Waals surface area contributed by atoms with Crippen LogP contribution in [0.3, 0.4) is 0 Å². The Kier molecular flexibility index (Phi) is 5.01. The summed E-state index contributed by atoms with van der Waals surface area (Å²) in [6, 6.07) is 4.72. The fraction of sp³-hybridized carbons (Fsp3) is 0.444. The molecule has 1 aliphatic rings. The molecule has 1 fully saturated rings. The van der Waals surface area contributed by atoms with Crippen LogP contribution in [0.4, 0.5) is 8.78 Å². The third-order valence-corrected chi connectivity index (χ3v) is 4.26. The summed E-state index contributed by atoms with van der Waals surface area (Å²) in [5.74, 6) is -0.672. The van der Waals surface area contributed by atoms with Gasteiger partial charge in [0.1, 0.15) is 5.82 Å². The topological polar surface area (TPSA) is 47.4 Å². The second-order valence-corrected chi connectivity index (χ2v) is 6.74. The van der Waals surface area contributed by atoms with E-state index in [0.717, 1.165) is 31.6 Å². The fourth-order valence-electron chi connectivity index (χ4n) is 3.27. The molecule has 25 heavy (non-hydrogen) atoms. The zero-order valence-electron chi connectivity index (χ0n) is 14.3. The number of nitrogens with zero attached hydrogens (tertiary/aromatic N) is 3. The number of carbonyl (C=O) groups excluding carboxylic acids is 1. The molecule has 1 aromatic carbocycles. The summed E-state index contributed by atoms with van der Waals surface area (Å²) in [5.41, 5.74) is 0.337. The summed E-state index contributed by atoms with van der Waals surface area (Å²) >= 11 is 0. The molecule has 0 radical (unpaired) electrons. The van der Waals surface area contributed by atoms with E-state index in [1.807, 2.05) is 4.90 Å². The summed E-state index contributed by atoms with van der Waals surface area (Å²) in [6.45, 7) is 5.67. The first kappa shape index (κ1) is 17.4. The molecule has 0 bridgehead atoms. The fourth-order valence-corrected chi connectivity index (χ4v) is 3.27. The molecule has 3 rings (SSSR count). The number of hydrogen-bond acceptors (Lipinski definition) is 3. The van der Waals surface area contributed by atoms with Crippen LogP contribution in [0.15, 0.2) is 30.5 Å². The van der Waals surface area contributed by atoms with Crippen molar-refractivity contribution >= 4 is 5.91 Å². The van der Waals surface area contributed by atoms with Crippen molar-refractivity contribution in [1.82, 2.24) is 14.7 Å². The van der Waals surface area contributed by atoms with Crippen molar-refractivity contribution in [3.63, 3.8) is 0 Å². The minimum absolute atomic E-state index is 0.0662. The molecular weight excluding hydrogens is 328 g/mol. The molecule has 0 unspecified atom stereocenters. The number of amides is 1. The molecular formula is C18H21F2N3O2. The van der Waals surface area contributed by atoms with Crippen molar-refractivity contribution in [3.05, 3.63) is 47.8 Å². The van der Waals surface area contributed by atoms with Crippen molar-refractivity contribution < 1.29 is 18.3 Å². The molecule has 0 spiro atoms. The van der Waals surface area contributed by atoms with Gasteiger partial charge in [0.25, 0.3) is 5.91 Å². The van der Waals surface area contributed by atoms with Crippen LogP contribution in [-0.2, 0) is 6.73 Å². The maximum atomic E-state index is 13.5. The largest absolute Gasteiger partial charge is 0.468 e. The molecule has 1 aromatic heterocycles. The highest BCUT2D eigenvalue weighted by atomic mass is 19.1. The van der Waals surface area contributed by atoms with Crippen molar-refractivity contribution in [2.75, 3.05) is 13.1 Å². The second kappa shape index (κ2) is 7.21. The first-order valence-electron chi connectivity index (χ1n) is 8.33. The van der Waals surface area contributed by atoms with Gasteiger partial charge >= 0.3 is 0 Å². The standard InChI is InChI=1S/C18H21F2N3O2/c1-12-7-13(2)10-22(9-12)18(24)16-5-6-23(21-16)11-25-17-4-3-14(19)8-15(17)20/h3-6,8,12-13H,7,9-11H2,1-2H3/t12-,13-/m0/s1. The van der Waals surface area contributed by atoms with Crippen LogP contribution in [0.1, 0.15) is 30.8 Å². The summed E-state index contributed by atoms with van der Waals surface area (Å²) in [7, 11) is 0. The highest BCUT2D eigenvalue weighted by Crippen LogP contribution is 2.22. The summed E-state index contributed by atoms with van der Waals surface area (Å²) < 4.78 is 33.1. The molecule has 0 N–H and O–H groups in total. The molecule has 7 heteroatoms. The normalized spacial score (nSPS) is 20.6. The number of aromatic nitrogens is 2. The van der Waals surface area contributed by atoms with E-state index in [0.29, 0.717) is 17.5 Å². The Balaban J connectivity index is 1.63. The lowest BCUT2D eigenvalue weighted by molar-refractivity contribution is 0.0615. The van der Waals surface area contributed by atoms with Gasteiger partial charge in [-0.25, -0.2) is 13.5 Å². The van der Waals surface area contributed by atoms with Gasteiger partial charge in [0.2, 0.25) is 0 Å².